The summed E-state index contributed by atoms with van der Waals surface area (Å²) in [7, 11) is 0. The number of hydrogen-bond acceptors (Lipinski definition) is 2. The van der Waals surface area contributed by atoms with Crippen LogP contribution in [0.5, 0.6) is 0 Å². The Balaban J connectivity index is 2.17. The summed E-state index contributed by atoms with van der Waals surface area (Å²) in [5, 5.41) is 8.82. The summed E-state index contributed by atoms with van der Waals surface area (Å²) in [6.45, 7) is 0. The molecule has 15 heavy (non-hydrogen) atoms. The molecule has 0 spiro atoms. The van der Waals surface area contributed by atoms with Gasteiger partial charge in [0.2, 0.25) is 0 Å². The molecule has 0 aliphatic heterocycles. The third-order valence-corrected chi connectivity index (χ3v) is 3.31. The maximum Gasteiger partial charge on any atom is 0.0991 e. The van der Waals surface area contributed by atoms with Crippen LogP contribution in [0.3, 0.4) is 0 Å². The van der Waals surface area contributed by atoms with Gasteiger partial charge in [-0.1, -0.05) is 25.0 Å². The van der Waals surface area contributed by atoms with Gasteiger partial charge >= 0.3 is 0 Å². The number of nitrogens with zero attached hydrogens (tertiary/aromatic N) is 1. The van der Waals surface area contributed by atoms with Crippen molar-refractivity contribution in [2.24, 2.45) is 11.7 Å². The Labute approximate surface area is 90.7 Å². The maximum atomic E-state index is 8.82. The van der Waals surface area contributed by atoms with Gasteiger partial charge in [-0.2, -0.15) is 5.26 Å². The molecule has 0 heterocycles. The molecule has 0 unspecified atom stereocenters. The smallest absolute Gasteiger partial charge is 0.0991 e. The van der Waals surface area contributed by atoms with E-state index in [1.54, 1.807) is 0 Å². The molecular formula is C13H16N2. The van der Waals surface area contributed by atoms with E-state index >= 15 is 0 Å². The van der Waals surface area contributed by atoms with Crippen LogP contribution < -0.4 is 5.73 Å². The lowest BCUT2D eigenvalue weighted by Gasteiger charge is -2.19. The van der Waals surface area contributed by atoms with Crippen molar-refractivity contribution in [3.05, 3.63) is 35.4 Å². The average Bonchev–Trinajstić information content (AvgIpc) is 2.81. The Morgan fingerprint density at radius 3 is 2.73 bits per heavy atom. The molecule has 2 rings (SSSR count). The van der Waals surface area contributed by atoms with Gasteiger partial charge in [0.05, 0.1) is 11.6 Å². The number of benzene rings is 1. The minimum Gasteiger partial charge on any atom is -0.324 e. The van der Waals surface area contributed by atoms with Gasteiger partial charge in [0.15, 0.2) is 0 Å². The molecule has 0 radical (unpaired) electrons. The first-order chi connectivity index (χ1) is 7.31. The molecule has 1 atom stereocenters. The zero-order valence-corrected chi connectivity index (χ0v) is 8.82. The third kappa shape index (κ3) is 2.19. The highest BCUT2D eigenvalue weighted by Gasteiger charge is 2.23. The fourth-order valence-corrected chi connectivity index (χ4v) is 2.40. The van der Waals surface area contributed by atoms with E-state index < -0.39 is 0 Å². The van der Waals surface area contributed by atoms with Crippen molar-refractivity contribution in [1.29, 1.82) is 5.26 Å². The zero-order chi connectivity index (χ0) is 10.7. The second-order valence-electron chi connectivity index (χ2n) is 4.31. The molecule has 1 aromatic carbocycles. The summed E-state index contributed by atoms with van der Waals surface area (Å²) < 4.78 is 0. The Kier molecular flexibility index (Phi) is 3.03. The van der Waals surface area contributed by atoms with Crippen molar-refractivity contribution in [3.8, 4) is 6.07 Å². The summed E-state index contributed by atoms with van der Waals surface area (Å²) >= 11 is 0. The van der Waals surface area contributed by atoms with E-state index in [0.717, 1.165) is 5.56 Å². The fraction of sp³-hybridized carbons (Fsp3) is 0.462. The van der Waals surface area contributed by atoms with Crippen molar-refractivity contribution in [2.45, 2.75) is 31.7 Å². The summed E-state index contributed by atoms with van der Waals surface area (Å²) in [4.78, 5) is 0. The summed E-state index contributed by atoms with van der Waals surface area (Å²) in [5.74, 6) is 0.610. The number of nitriles is 1. The molecule has 2 N–H and O–H groups in total. The zero-order valence-electron chi connectivity index (χ0n) is 8.82. The highest BCUT2D eigenvalue weighted by Crippen LogP contribution is 2.34. The van der Waals surface area contributed by atoms with Crippen LogP contribution in [-0.4, -0.2) is 0 Å². The largest absolute Gasteiger partial charge is 0.324 e. The van der Waals surface area contributed by atoms with Crippen LogP contribution in [0.15, 0.2) is 24.3 Å². The molecule has 1 saturated carbocycles. The van der Waals surface area contributed by atoms with Gasteiger partial charge in [0.25, 0.3) is 0 Å². The molecular weight excluding hydrogens is 184 g/mol. The van der Waals surface area contributed by atoms with Crippen molar-refractivity contribution < 1.29 is 0 Å². The van der Waals surface area contributed by atoms with E-state index in [1.165, 1.54) is 25.7 Å². The Hall–Kier alpha value is -1.33. The van der Waals surface area contributed by atoms with Gasteiger partial charge in [0, 0.05) is 6.04 Å². The third-order valence-electron chi connectivity index (χ3n) is 3.31. The monoisotopic (exact) mass is 200 g/mol. The van der Waals surface area contributed by atoms with Crippen LogP contribution in [0.4, 0.5) is 0 Å². The SMILES string of the molecule is N#Cc1cccc([C@@H](N)C2CCCC2)c1. The van der Waals surface area contributed by atoms with Gasteiger partial charge in [0.1, 0.15) is 0 Å². The van der Waals surface area contributed by atoms with Crippen molar-refractivity contribution in [1.82, 2.24) is 0 Å². The Morgan fingerprint density at radius 1 is 1.33 bits per heavy atom. The van der Waals surface area contributed by atoms with E-state index in [4.69, 9.17) is 11.0 Å². The van der Waals surface area contributed by atoms with Crippen molar-refractivity contribution >= 4 is 0 Å². The number of nitrogens with two attached hydrogens (primary N) is 1. The lowest BCUT2D eigenvalue weighted by Crippen LogP contribution is -2.19. The quantitative estimate of drug-likeness (QED) is 0.798. The molecule has 1 aliphatic rings. The van der Waals surface area contributed by atoms with Gasteiger partial charge in [-0.3, -0.25) is 0 Å². The molecule has 0 aromatic heterocycles. The van der Waals surface area contributed by atoms with Crippen LogP contribution >= 0.6 is 0 Å². The van der Waals surface area contributed by atoms with Gasteiger partial charge in [-0.25, -0.2) is 0 Å². The molecule has 1 aliphatic carbocycles. The minimum atomic E-state index is 0.112. The lowest BCUT2D eigenvalue weighted by atomic mass is 9.92. The topological polar surface area (TPSA) is 49.8 Å². The molecule has 2 nitrogen and oxygen atoms in total. The van der Waals surface area contributed by atoms with E-state index in [1.807, 2.05) is 24.3 Å². The van der Waals surface area contributed by atoms with Gasteiger partial charge in [-0.05, 0) is 36.5 Å². The van der Waals surface area contributed by atoms with Gasteiger partial charge in [-0.15, -0.1) is 0 Å². The minimum absolute atomic E-state index is 0.112. The maximum absolute atomic E-state index is 8.82. The second-order valence-corrected chi connectivity index (χ2v) is 4.31. The van der Waals surface area contributed by atoms with Crippen molar-refractivity contribution in [2.75, 3.05) is 0 Å². The van der Waals surface area contributed by atoms with Crippen LogP contribution in [-0.2, 0) is 0 Å². The molecule has 1 aromatic rings. The Bertz CT molecular complexity index is 372. The summed E-state index contributed by atoms with van der Waals surface area (Å²) in [5.41, 5.74) is 8.04. The Morgan fingerprint density at radius 2 is 2.07 bits per heavy atom. The van der Waals surface area contributed by atoms with Crippen LogP contribution in [0.25, 0.3) is 0 Å². The summed E-state index contributed by atoms with van der Waals surface area (Å²) in [6.07, 6.45) is 5.07. The highest BCUT2D eigenvalue weighted by molar-refractivity contribution is 5.34. The van der Waals surface area contributed by atoms with E-state index in [9.17, 15) is 0 Å². The number of rotatable bonds is 2. The highest BCUT2D eigenvalue weighted by atomic mass is 14.7. The molecule has 0 saturated heterocycles. The molecule has 0 amide bonds. The van der Waals surface area contributed by atoms with Crippen LogP contribution in [0.1, 0.15) is 42.9 Å². The molecule has 0 bridgehead atoms. The van der Waals surface area contributed by atoms with E-state index in [2.05, 4.69) is 6.07 Å². The lowest BCUT2D eigenvalue weighted by molar-refractivity contribution is 0.445. The second kappa shape index (κ2) is 4.46. The summed E-state index contributed by atoms with van der Waals surface area (Å²) in [6, 6.07) is 9.96. The fourth-order valence-electron chi connectivity index (χ4n) is 2.40. The van der Waals surface area contributed by atoms with E-state index in [0.29, 0.717) is 11.5 Å². The number of hydrogen-bond donors (Lipinski definition) is 1. The van der Waals surface area contributed by atoms with Crippen LogP contribution in [0, 0.1) is 17.2 Å². The van der Waals surface area contributed by atoms with Crippen LogP contribution in [0.2, 0.25) is 0 Å². The normalized spacial score (nSPS) is 18.7. The van der Waals surface area contributed by atoms with E-state index in [-0.39, 0.29) is 6.04 Å². The average molecular weight is 200 g/mol. The first kappa shape index (κ1) is 10.2. The predicted octanol–water partition coefficient (Wildman–Crippen LogP) is 2.75. The molecule has 2 heteroatoms. The predicted molar refractivity (Wildman–Crippen MR) is 60.0 cm³/mol. The first-order valence-corrected chi connectivity index (χ1v) is 5.57. The molecule has 1 fully saturated rings. The van der Waals surface area contributed by atoms with Gasteiger partial charge < -0.3 is 5.73 Å². The first-order valence-electron chi connectivity index (χ1n) is 5.57. The standard InChI is InChI=1S/C13H16N2/c14-9-10-4-3-7-12(8-10)13(15)11-5-1-2-6-11/h3-4,7-8,11,13H,1-2,5-6,15H2/t13-/m0/s1. The van der Waals surface area contributed by atoms with Crippen molar-refractivity contribution in [3.63, 3.8) is 0 Å². The molecule has 78 valence electrons.